The normalized spacial score (nSPS) is 11.5. The van der Waals surface area contributed by atoms with Gasteiger partial charge in [-0.15, -0.1) is 11.3 Å². The Labute approximate surface area is 218 Å². The number of aromatic nitrogens is 4. The number of thiazole rings is 1. The van der Waals surface area contributed by atoms with Crippen molar-refractivity contribution in [3.8, 4) is 21.8 Å². The van der Waals surface area contributed by atoms with Crippen molar-refractivity contribution in [2.24, 2.45) is 7.05 Å². The zero-order chi connectivity index (χ0) is 26.2. The van der Waals surface area contributed by atoms with Crippen molar-refractivity contribution in [3.63, 3.8) is 0 Å². The summed E-state index contributed by atoms with van der Waals surface area (Å²) in [6.07, 6.45) is 3.63. The first-order valence-electron chi connectivity index (χ1n) is 11.3. The van der Waals surface area contributed by atoms with Crippen molar-refractivity contribution < 1.29 is 15.0 Å². The fourth-order valence-corrected chi connectivity index (χ4v) is 5.05. The lowest BCUT2D eigenvalue weighted by atomic mass is 9.93. The molecule has 7 nitrogen and oxygen atoms in total. The largest absolute Gasteiger partial charge is 0.481 e. The molecule has 0 aliphatic rings. The zero-order valence-electron chi connectivity index (χ0n) is 20.7. The Balaban J connectivity index is 0.000000556. The first-order valence-corrected chi connectivity index (χ1v) is 12.5. The van der Waals surface area contributed by atoms with Gasteiger partial charge in [0.05, 0.1) is 34.1 Å². The number of aliphatic carboxylic acids is 1. The van der Waals surface area contributed by atoms with Crippen LogP contribution in [0.4, 0.5) is 0 Å². The molecule has 0 aliphatic heterocycles. The van der Waals surface area contributed by atoms with Crippen LogP contribution >= 0.6 is 22.9 Å². The van der Waals surface area contributed by atoms with E-state index in [0.717, 1.165) is 54.1 Å². The fourth-order valence-electron chi connectivity index (χ4n) is 3.81. The maximum atomic E-state index is 11.6. The molecule has 186 valence electrons. The summed E-state index contributed by atoms with van der Waals surface area (Å²) >= 11 is 7.60. The van der Waals surface area contributed by atoms with Gasteiger partial charge >= 0.3 is 5.97 Å². The first kappa shape index (κ1) is 25.8. The van der Waals surface area contributed by atoms with Crippen molar-refractivity contribution in [3.05, 3.63) is 64.9 Å². The number of fused-ring (bicyclic) bond motifs is 2. The number of nitrogens with zero attached hydrogens (tertiary/aromatic N) is 4. The van der Waals surface area contributed by atoms with E-state index in [9.17, 15) is 9.90 Å². The smallest absolute Gasteiger partial charge is 0.307 e. The van der Waals surface area contributed by atoms with Gasteiger partial charge in [-0.05, 0) is 68.7 Å². The van der Waals surface area contributed by atoms with Gasteiger partial charge in [0.1, 0.15) is 10.5 Å². The highest BCUT2D eigenvalue weighted by molar-refractivity contribution is 7.22. The summed E-state index contributed by atoms with van der Waals surface area (Å²) in [7, 11) is 1.88. The van der Waals surface area contributed by atoms with Crippen molar-refractivity contribution in [1.29, 1.82) is 0 Å². The van der Waals surface area contributed by atoms with Gasteiger partial charge in [-0.2, -0.15) is 5.10 Å². The third-order valence-corrected chi connectivity index (χ3v) is 6.56. The number of pyridine rings is 1. The van der Waals surface area contributed by atoms with E-state index in [0.29, 0.717) is 5.02 Å². The van der Waals surface area contributed by atoms with Gasteiger partial charge in [0.15, 0.2) is 0 Å². The lowest BCUT2D eigenvalue weighted by Gasteiger charge is -2.13. The molecule has 3 aromatic heterocycles. The van der Waals surface area contributed by atoms with Crippen molar-refractivity contribution in [1.82, 2.24) is 19.7 Å². The van der Waals surface area contributed by atoms with Gasteiger partial charge in [-0.3, -0.25) is 14.5 Å². The second-order valence-corrected chi connectivity index (χ2v) is 11.0. The standard InChI is InChI=1S/C23H17ClN4O2S.C4H10O/c1-12-7-17-22(21(16(12)9-20(29)30)13-3-5-15(24)6-4-13)31-23(26-17)18-8-14-11-28(2)27-19(14)10-25-18;1-4(2,3)5/h3-8,10-11H,9H2,1-2H3,(H,29,30);5H,1-3H3. The highest BCUT2D eigenvalue weighted by Crippen LogP contribution is 2.41. The van der Waals surface area contributed by atoms with Crippen LogP contribution < -0.4 is 0 Å². The van der Waals surface area contributed by atoms with E-state index in [1.807, 2.05) is 56.6 Å². The second-order valence-electron chi connectivity index (χ2n) is 9.59. The number of carboxylic acid groups (broad SMARTS) is 1. The van der Waals surface area contributed by atoms with Crippen LogP contribution in [0, 0.1) is 6.92 Å². The number of hydrogen-bond donors (Lipinski definition) is 2. The lowest BCUT2D eigenvalue weighted by molar-refractivity contribution is -0.136. The maximum absolute atomic E-state index is 11.6. The third-order valence-electron chi connectivity index (χ3n) is 5.20. The minimum absolute atomic E-state index is 0.0626. The van der Waals surface area contributed by atoms with Crippen molar-refractivity contribution in [2.75, 3.05) is 0 Å². The van der Waals surface area contributed by atoms with Gasteiger partial charge < -0.3 is 10.2 Å². The highest BCUT2D eigenvalue weighted by Gasteiger charge is 2.20. The van der Waals surface area contributed by atoms with E-state index >= 15 is 0 Å². The molecule has 0 saturated heterocycles. The number of rotatable bonds is 4. The molecule has 9 heteroatoms. The fraction of sp³-hybridized carbons (Fsp3) is 0.259. The Hall–Kier alpha value is -3.33. The molecule has 0 saturated carbocycles. The predicted molar refractivity (Wildman–Crippen MR) is 146 cm³/mol. The number of aliphatic hydroxyl groups is 1. The highest BCUT2D eigenvalue weighted by atomic mass is 35.5. The minimum Gasteiger partial charge on any atom is -0.481 e. The summed E-state index contributed by atoms with van der Waals surface area (Å²) in [5.74, 6) is -0.869. The van der Waals surface area contributed by atoms with Gasteiger partial charge in [-0.25, -0.2) is 4.98 Å². The van der Waals surface area contributed by atoms with Crippen molar-refractivity contribution in [2.45, 2.75) is 39.7 Å². The number of carbonyl (C=O) groups is 1. The van der Waals surface area contributed by atoms with Crippen LogP contribution in [0.1, 0.15) is 31.9 Å². The third kappa shape index (κ3) is 5.90. The Bertz CT molecular complexity index is 1560. The van der Waals surface area contributed by atoms with Gasteiger partial charge in [-0.1, -0.05) is 23.7 Å². The summed E-state index contributed by atoms with van der Waals surface area (Å²) in [4.78, 5) is 21.0. The molecule has 0 fully saturated rings. The number of aryl methyl sites for hydroxylation is 2. The number of benzene rings is 2. The van der Waals surface area contributed by atoms with E-state index in [-0.39, 0.29) is 6.42 Å². The summed E-state index contributed by atoms with van der Waals surface area (Å²) in [5.41, 5.74) is 5.40. The molecule has 0 aliphatic carbocycles. The minimum atomic E-state index is -0.869. The summed E-state index contributed by atoms with van der Waals surface area (Å²) in [5, 5.41) is 24.8. The SMILES string of the molecule is CC(C)(C)O.Cc1cc2nc(-c3cc4cn(C)nc4cn3)sc2c(-c2ccc(Cl)cc2)c1CC(=O)O. The monoisotopic (exact) mass is 522 g/mol. The lowest BCUT2D eigenvalue weighted by Crippen LogP contribution is -2.10. The van der Waals surface area contributed by atoms with E-state index in [4.69, 9.17) is 21.7 Å². The maximum Gasteiger partial charge on any atom is 0.307 e. The van der Waals surface area contributed by atoms with Crippen LogP contribution in [0.15, 0.2) is 48.8 Å². The molecule has 0 bridgehead atoms. The van der Waals surface area contributed by atoms with Crippen LogP contribution in [0.5, 0.6) is 0 Å². The molecule has 0 atom stereocenters. The summed E-state index contributed by atoms with van der Waals surface area (Å²) in [6.45, 7) is 7.16. The van der Waals surface area contributed by atoms with Crippen molar-refractivity contribution >= 4 is 50.0 Å². The molecule has 0 amide bonds. The molecule has 5 rings (SSSR count). The van der Waals surface area contributed by atoms with E-state index < -0.39 is 11.6 Å². The van der Waals surface area contributed by atoms with Gasteiger partial charge in [0.2, 0.25) is 0 Å². The zero-order valence-corrected chi connectivity index (χ0v) is 22.3. The van der Waals surface area contributed by atoms with Crippen LogP contribution in [-0.4, -0.2) is 41.5 Å². The van der Waals surface area contributed by atoms with E-state index in [1.54, 1.807) is 31.6 Å². The Morgan fingerprint density at radius 2 is 1.81 bits per heavy atom. The molecule has 3 heterocycles. The predicted octanol–water partition coefficient (Wildman–Crippen LogP) is 6.28. The molecule has 0 spiro atoms. The molecule has 36 heavy (non-hydrogen) atoms. The van der Waals surface area contributed by atoms with Gasteiger partial charge in [0, 0.05) is 29.2 Å². The molecular weight excluding hydrogens is 496 g/mol. The van der Waals surface area contributed by atoms with E-state index in [1.165, 1.54) is 11.3 Å². The Morgan fingerprint density at radius 1 is 1.14 bits per heavy atom. The van der Waals surface area contributed by atoms with Gasteiger partial charge in [0.25, 0.3) is 0 Å². The molecular formula is C27H27ClN4O3S. The molecule has 2 N–H and O–H groups in total. The molecule has 0 radical (unpaired) electrons. The average molecular weight is 523 g/mol. The Kier molecular flexibility index (Phi) is 7.13. The summed E-state index contributed by atoms with van der Waals surface area (Å²) < 4.78 is 2.70. The van der Waals surface area contributed by atoms with E-state index in [2.05, 4.69) is 10.1 Å². The number of hydrogen-bond acceptors (Lipinski definition) is 6. The second kappa shape index (κ2) is 9.97. The van der Waals surface area contributed by atoms with Crippen LogP contribution in [0.3, 0.4) is 0 Å². The topological polar surface area (TPSA) is 101 Å². The average Bonchev–Trinajstić information content (AvgIpc) is 3.35. The van der Waals surface area contributed by atoms with Crippen LogP contribution in [0.25, 0.3) is 42.9 Å². The quantitative estimate of drug-likeness (QED) is 0.288. The van der Waals surface area contributed by atoms with Crippen LogP contribution in [-0.2, 0) is 18.3 Å². The number of halogens is 1. The molecule has 2 aromatic carbocycles. The molecule has 5 aromatic rings. The number of carboxylic acids is 1. The Morgan fingerprint density at radius 3 is 2.44 bits per heavy atom. The summed E-state index contributed by atoms with van der Waals surface area (Å²) in [6, 6.07) is 11.4. The van der Waals surface area contributed by atoms with Crippen LogP contribution in [0.2, 0.25) is 5.02 Å². The molecule has 0 unspecified atom stereocenters. The first-order chi connectivity index (χ1) is 16.9.